The number of carbonyl (C=O) groups is 1. The Balaban J connectivity index is 1.77. The molecule has 3 rings (SSSR count). The van der Waals surface area contributed by atoms with E-state index in [-0.39, 0.29) is 11.7 Å². The van der Waals surface area contributed by atoms with Crippen molar-refractivity contribution in [1.29, 1.82) is 0 Å². The molecule has 0 saturated heterocycles. The normalized spacial score (nSPS) is 14.8. The molecule has 2 aromatic rings. The van der Waals surface area contributed by atoms with Gasteiger partial charge in [-0.2, -0.15) is 4.31 Å². The van der Waals surface area contributed by atoms with Crippen LogP contribution in [0.3, 0.4) is 0 Å². The average Bonchev–Trinajstić information content (AvgIpc) is 2.62. The fraction of sp³-hybridized carbons (Fsp3) is 0.333. The number of rotatable bonds is 5. The maximum atomic E-state index is 12.3. The summed E-state index contributed by atoms with van der Waals surface area (Å²) in [4.78, 5) is 16.2. The fourth-order valence-corrected chi connectivity index (χ4v) is 4.40. The lowest BCUT2D eigenvalue weighted by Gasteiger charge is -2.28. The zero-order valence-electron chi connectivity index (χ0n) is 14.1. The van der Waals surface area contributed by atoms with Crippen molar-refractivity contribution in [2.24, 2.45) is 0 Å². The number of hydrogen-bond donors (Lipinski definition) is 1. The van der Waals surface area contributed by atoms with Gasteiger partial charge in [-0.3, -0.25) is 9.78 Å². The molecule has 1 aromatic heterocycles. The van der Waals surface area contributed by atoms with Crippen LogP contribution in [0.2, 0.25) is 0 Å². The van der Waals surface area contributed by atoms with Crippen LogP contribution in [0.5, 0.6) is 0 Å². The number of nitrogens with zero attached hydrogens (tertiary/aromatic N) is 2. The number of benzene rings is 1. The smallest absolute Gasteiger partial charge is 0.274 e. The monoisotopic (exact) mass is 359 g/mol. The van der Waals surface area contributed by atoms with Crippen molar-refractivity contribution in [2.45, 2.75) is 26.3 Å². The molecule has 1 aliphatic rings. The molecule has 0 bridgehead atoms. The lowest BCUT2D eigenvalue weighted by molar-refractivity contribution is 0.102. The third-order valence-corrected chi connectivity index (χ3v) is 6.22. The number of sulfonamides is 1. The number of anilines is 1. The molecule has 25 heavy (non-hydrogen) atoms. The van der Waals surface area contributed by atoms with Crippen LogP contribution in [0, 0.1) is 0 Å². The molecule has 1 aliphatic heterocycles. The summed E-state index contributed by atoms with van der Waals surface area (Å²) in [7, 11) is -3.22. The Morgan fingerprint density at radius 1 is 1.24 bits per heavy atom. The zero-order valence-corrected chi connectivity index (χ0v) is 14.9. The van der Waals surface area contributed by atoms with Crippen LogP contribution < -0.4 is 5.32 Å². The Kier molecular flexibility index (Phi) is 5.15. The maximum absolute atomic E-state index is 12.3. The molecule has 2 heterocycles. The number of pyridine rings is 1. The highest BCUT2D eigenvalue weighted by molar-refractivity contribution is 7.89. The first-order valence-corrected chi connectivity index (χ1v) is 9.92. The van der Waals surface area contributed by atoms with E-state index >= 15 is 0 Å². The van der Waals surface area contributed by atoms with Gasteiger partial charge >= 0.3 is 0 Å². The first-order valence-electron chi connectivity index (χ1n) is 8.31. The SMILES string of the molecule is CCCS(=O)(=O)N1CCc2ccc(NC(=O)c3ccccn3)cc2C1. The van der Waals surface area contributed by atoms with Crippen molar-refractivity contribution in [3.63, 3.8) is 0 Å². The summed E-state index contributed by atoms with van der Waals surface area (Å²) in [6, 6.07) is 10.8. The van der Waals surface area contributed by atoms with Crippen LogP contribution in [0.1, 0.15) is 35.0 Å². The van der Waals surface area contributed by atoms with Gasteiger partial charge in [0.15, 0.2) is 0 Å². The van der Waals surface area contributed by atoms with Crippen molar-refractivity contribution in [1.82, 2.24) is 9.29 Å². The summed E-state index contributed by atoms with van der Waals surface area (Å²) in [6.07, 6.45) is 2.86. The summed E-state index contributed by atoms with van der Waals surface area (Å²) in [5, 5.41) is 2.82. The molecule has 0 fully saturated rings. The van der Waals surface area contributed by atoms with Gasteiger partial charge in [0.1, 0.15) is 5.69 Å². The molecular weight excluding hydrogens is 338 g/mol. The summed E-state index contributed by atoms with van der Waals surface area (Å²) >= 11 is 0. The summed E-state index contributed by atoms with van der Waals surface area (Å²) in [5.41, 5.74) is 3.04. The van der Waals surface area contributed by atoms with Gasteiger partial charge in [0, 0.05) is 25.0 Å². The minimum absolute atomic E-state index is 0.165. The van der Waals surface area contributed by atoms with Crippen molar-refractivity contribution in [3.8, 4) is 0 Å². The molecule has 1 N–H and O–H groups in total. The highest BCUT2D eigenvalue weighted by Crippen LogP contribution is 2.25. The molecule has 0 atom stereocenters. The largest absolute Gasteiger partial charge is 0.321 e. The molecule has 0 aliphatic carbocycles. The number of nitrogens with one attached hydrogen (secondary N) is 1. The van der Waals surface area contributed by atoms with Gasteiger partial charge < -0.3 is 5.32 Å². The molecule has 0 unspecified atom stereocenters. The molecule has 132 valence electrons. The van der Waals surface area contributed by atoms with Gasteiger partial charge in [-0.1, -0.05) is 19.1 Å². The molecule has 0 spiro atoms. The Morgan fingerprint density at radius 3 is 2.80 bits per heavy atom. The quantitative estimate of drug-likeness (QED) is 0.889. The van der Waals surface area contributed by atoms with E-state index in [4.69, 9.17) is 0 Å². The summed E-state index contributed by atoms with van der Waals surface area (Å²) in [6.45, 7) is 2.72. The lowest BCUT2D eigenvalue weighted by Crippen LogP contribution is -2.37. The Morgan fingerprint density at radius 2 is 2.08 bits per heavy atom. The van der Waals surface area contributed by atoms with Crippen LogP contribution in [-0.4, -0.2) is 35.9 Å². The molecule has 6 nitrogen and oxygen atoms in total. The molecule has 1 aromatic carbocycles. The highest BCUT2D eigenvalue weighted by atomic mass is 32.2. The Bertz CT molecular complexity index is 866. The van der Waals surface area contributed by atoms with E-state index < -0.39 is 10.0 Å². The predicted octanol–water partition coefficient (Wildman–Crippen LogP) is 2.43. The second kappa shape index (κ2) is 7.33. The number of hydrogen-bond acceptors (Lipinski definition) is 4. The van der Waals surface area contributed by atoms with Gasteiger partial charge in [0.2, 0.25) is 10.0 Å². The third-order valence-electron chi connectivity index (χ3n) is 4.19. The van der Waals surface area contributed by atoms with Crippen molar-refractivity contribution in [2.75, 3.05) is 17.6 Å². The van der Waals surface area contributed by atoms with Crippen LogP contribution in [0.25, 0.3) is 0 Å². The van der Waals surface area contributed by atoms with Gasteiger partial charge in [-0.05, 0) is 48.2 Å². The summed E-state index contributed by atoms with van der Waals surface area (Å²) < 4.78 is 26.1. The van der Waals surface area contributed by atoms with Crippen molar-refractivity contribution in [3.05, 3.63) is 59.4 Å². The number of aromatic nitrogens is 1. The maximum Gasteiger partial charge on any atom is 0.274 e. The first kappa shape index (κ1) is 17.6. The van der Waals surface area contributed by atoms with Crippen molar-refractivity contribution < 1.29 is 13.2 Å². The van der Waals surface area contributed by atoms with Crippen LogP contribution >= 0.6 is 0 Å². The van der Waals surface area contributed by atoms with E-state index in [1.807, 2.05) is 25.1 Å². The van der Waals surface area contributed by atoms with Crippen LogP contribution in [0.15, 0.2) is 42.6 Å². The van der Waals surface area contributed by atoms with Crippen LogP contribution in [-0.2, 0) is 23.0 Å². The minimum atomic E-state index is -3.22. The molecule has 7 heteroatoms. The molecular formula is C18H21N3O3S. The van der Waals surface area contributed by atoms with E-state index in [9.17, 15) is 13.2 Å². The number of fused-ring (bicyclic) bond motifs is 1. The zero-order chi connectivity index (χ0) is 17.9. The second-order valence-corrected chi connectivity index (χ2v) is 8.14. The second-order valence-electron chi connectivity index (χ2n) is 6.05. The molecule has 1 amide bonds. The average molecular weight is 359 g/mol. The first-order chi connectivity index (χ1) is 12.0. The fourth-order valence-electron chi connectivity index (χ4n) is 2.93. The molecule has 0 radical (unpaired) electrons. The third kappa shape index (κ3) is 4.05. The van der Waals surface area contributed by atoms with Gasteiger partial charge in [-0.15, -0.1) is 0 Å². The van der Waals surface area contributed by atoms with E-state index in [1.54, 1.807) is 24.4 Å². The minimum Gasteiger partial charge on any atom is -0.321 e. The number of carbonyl (C=O) groups excluding carboxylic acids is 1. The van der Waals surface area contributed by atoms with Gasteiger partial charge in [-0.25, -0.2) is 8.42 Å². The standard InChI is InChI=1S/C18H21N3O3S/c1-2-11-25(23,24)21-10-8-14-6-7-16(12-15(14)13-21)20-18(22)17-5-3-4-9-19-17/h3-7,9,12H,2,8,10-11,13H2,1H3,(H,20,22). The lowest BCUT2D eigenvalue weighted by atomic mass is 10.0. The van der Waals surface area contributed by atoms with Crippen LogP contribution in [0.4, 0.5) is 5.69 Å². The van der Waals surface area contributed by atoms with E-state index in [1.165, 1.54) is 4.31 Å². The topological polar surface area (TPSA) is 79.4 Å². The Hall–Kier alpha value is -2.25. The van der Waals surface area contributed by atoms with E-state index in [2.05, 4.69) is 10.3 Å². The van der Waals surface area contributed by atoms with E-state index in [0.29, 0.717) is 37.3 Å². The van der Waals surface area contributed by atoms with Crippen molar-refractivity contribution >= 4 is 21.6 Å². The van der Waals surface area contributed by atoms with Gasteiger partial charge in [0.05, 0.1) is 5.75 Å². The highest BCUT2D eigenvalue weighted by Gasteiger charge is 2.26. The number of amides is 1. The Labute approximate surface area is 147 Å². The summed E-state index contributed by atoms with van der Waals surface area (Å²) in [5.74, 6) is -0.120. The predicted molar refractivity (Wildman–Crippen MR) is 96.8 cm³/mol. The molecule has 0 saturated carbocycles. The van der Waals surface area contributed by atoms with E-state index in [0.717, 1.165) is 11.1 Å². The van der Waals surface area contributed by atoms with Gasteiger partial charge in [0.25, 0.3) is 5.91 Å².